The molecule has 34 heavy (non-hydrogen) atoms. The molecule has 180 valence electrons. The Bertz CT molecular complexity index is 1150. The molecule has 1 unspecified atom stereocenters. The average Bonchev–Trinajstić information content (AvgIpc) is 3.34. The molecular weight excluding hydrogens is 459 g/mol. The topological polar surface area (TPSA) is 68.7 Å². The van der Waals surface area contributed by atoms with Gasteiger partial charge in [-0.3, -0.25) is 0 Å². The van der Waals surface area contributed by atoms with Gasteiger partial charge in [0.25, 0.3) is 0 Å². The van der Waals surface area contributed by atoms with E-state index in [0.29, 0.717) is 48.5 Å². The summed E-state index contributed by atoms with van der Waals surface area (Å²) in [5.41, 5.74) is 1.31. The summed E-state index contributed by atoms with van der Waals surface area (Å²) in [6, 6.07) is 8.26. The molecule has 2 aromatic carbocycles. The molecule has 2 aliphatic heterocycles. The number of hydrogen-bond donors (Lipinski definition) is 1. The highest BCUT2D eigenvalue weighted by molar-refractivity contribution is 6.31. The normalized spacial score (nSPS) is 19.4. The Balaban J connectivity index is 1.45. The summed E-state index contributed by atoms with van der Waals surface area (Å²) < 4.78 is 31.7. The van der Waals surface area contributed by atoms with Gasteiger partial charge in [0, 0.05) is 24.2 Å². The van der Waals surface area contributed by atoms with Crippen LogP contribution >= 0.6 is 11.6 Å². The molecule has 3 heterocycles. The van der Waals surface area contributed by atoms with Crippen LogP contribution in [-0.4, -0.2) is 60.9 Å². The van der Waals surface area contributed by atoms with E-state index in [1.807, 2.05) is 12.1 Å². The Labute approximate surface area is 203 Å². The van der Waals surface area contributed by atoms with Crippen molar-refractivity contribution in [2.45, 2.75) is 25.4 Å². The third-order valence-electron chi connectivity index (χ3n) is 6.36. The molecule has 7 nitrogen and oxygen atoms in total. The van der Waals surface area contributed by atoms with E-state index >= 15 is 0 Å². The van der Waals surface area contributed by atoms with Crippen molar-refractivity contribution in [2.75, 3.05) is 45.3 Å². The quantitative estimate of drug-likeness (QED) is 0.501. The van der Waals surface area contributed by atoms with Crippen molar-refractivity contribution in [1.29, 1.82) is 0 Å². The predicted molar refractivity (Wildman–Crippen MR) is 130 cm³/mol. The lowest BCUT2D eigenvalue weighted by atomic mass is 9.98. The molecule has 1 aromatic heterocycles. The third-order valence-corrected chi connectivity index (χ3v) is 6.65. The first-order valence-electron chi connectivity index (χ1n) is 11.6. The molecule has 0 bridgehead atoms. The van der Waals surface area contributed by atoms with Crippen LogP contribution in [0, 0.1) is 11.7 Å². The van der Waals surface area contributed by atoms with Crippen molar-refractivity contribution in [3.63, 3.8) is 0 Å². The van der Waals surface area contributed by atoms with Gasteiger partial charge >= 0.3 is 0 Å². The summed E-state index contributed by atoms with van der Waals surface area (Å²) in [4.78, 5) is 11.3. The van der Waals surface area contributed by atoms with Gasteiger partial charge in [0.05, 0.1) is 35.7 Å². The number of nitrogens with zero attached hydrogens (tertiary/aromatic N) is 3. The van der Waals surface area contributed by atoms with Crippen molar-refractivity contribution in [1.82, 2.24) is 14.9 Å². The Morgan fingerprint density at radius 3 is 2.79 bits per heavy atom. The van der Waals surface area contributed by atoms with Gasteiger partial charge < -0.3 is 24.4 Å². The molecule has 2 saturated heterocycles. The summed E-state index contributed by atoms with van der Waals surface area (Å²) in [6.45, 7) is 4.06. The Hall–Kier alpha value is -2.68. The lowest BCUT2D eigenvalue weighted by molar-refractivity contribution is 0.141. The molecule has 9 heteroatoms. The first-order valence-corrected chi connectivity index (χ1v) is 12.0. The average molecular weight is 487 g/mol. The SMILES string of the molecule is CN1CCC(COc2cc(OC3CCOC3)c3c(Nc4ccc(F)c(Cl)c4)ncnc3c2)CC1. The monoisotopic (exact) mass is 486 g/mol. The number of likely N-dealkylation sites (tertiary alicyclic amines) is 1. The molecule has 3 aromatic rings. The second kappa shape index (κ2) is 10.3. The second-order valence-corrected chi connectivity index (χ2v) is 9.36. The number of aromatic nitrogens is 2. The van der Waals surface area contributed by atoms with Crippen molar-refractivity contribution in [3.8, 4) is 11.5 Å². The fraction of sp³-hybridized carbons (Fsp3) is 0.440. The van der Waals surface area contributed by atoms with Gasteiger partial charge in [-0.2, -0.15) is 0 Å². The van der Waals surface area contributed by atoms with Gasteiger partial charge in [-0.15, -0.1) is 0 Å². The van der Waals surface area contributed by atoms with Crippen LogP contribution in [0.15, 0.2) is 36.7 Å². The maximum atomic E-state index is 13.6. The smallest absolute Gasteiger partial charge is 0.145 e. The number of halogens is 2. The maximum absolute atomic E-state index is 13.6. The maximum Gasteiger partial charge on any atom is 0.145 e. The highest BCUT2D eigenvalue weighted by atomic mass is 35.5. The van der Waals surface area contributed by atoms with Crippen molar-refractivity contribution < 1.29 is 18.6 Å². The predicted octanol–water partition coefficient (Wildman–Crippen LogP) is 5.05. The van der Waals surface area contributed by atoms with Gasteiger partial charge in [-0.1, -0.05) is 11.6 Å². The van der Waals surface area contributed by atoms with Crippen LogP contribution in [0.1, 0.15) is 19.3 Å². The zero-order chi connectivity index (χ0) is 23.5. The highest BCUT2D eigenvalue weighted by Crippen LogP contribution is 2.37. The molecule has 5 rings (SSSR count). The first-order chi connectivity index (χ1) is 16.5. The van der Waals surface area contributed by atoms with Crippen LogP contribution in [0.2, 0.25) is 5.02 Å². The van der Waals surface area contributed by atoms with Gasteiger partial charge in [-0.25, -0.2) is 14.4 Å². The van der Waals surface area contributed by atoms with Crippen molar-refractivity contribution >= 4 is 34.0 Å². The lowest BCUT2D eigenvalue weighted by Gasteiger charge is -2.28. The highest BCUT2D eigenvalue weighted by Gasteiger charge is 2.22. The van der Waals surface area contributed by atoms with Crippen LogP contribution in [-0.2, 0) is 4.74 Å². The van der Waals surface area contributed by atoms with Gasteiger partial charge in [0.1, 0.15) is 35.6 Å². The standard InChI is InChI=1S/C25H28ClFN4O3/c1-31-7-4-16(5-8-31)13-33-19-11-22-24(23(12-19)34-18-6-9-32-14-18)25(29-15-28-22)30-17-2-3-21(27)20(26)10-17/h2-3,10-12,15-16,18H,4-9,13-14H2,1H3,(H,28,29,30). The minimum Gasteiger partial charge on any atom is -0.493 e. The molecule has 0 spiro atoms. The fourth-order valence-electron chi connectivity index (χ4n) is 4.34. The number of anilines is 2. The van der Waals surface area contributed by atoms with Crippen LogP contribution in [0.5, 0.6) is 11.5 Å². The number of piperidine rings is 1. The second-order valence-electron chi connectivity index (χ2n) is 8.95. The summed E-state index contributed by atoms with van der Waals surface area (Å²) in [7, 11) is 2.15. The number of benzene rings is 2. The van der Waals surface area contributed by atoms with Crippen LogP contribution < -0.4 is 14.8 Å². The van der Waals surface area contributed by atoms with E-state index in [1.165, 1.54) is 18.5 Å². The van der Waals surface area contributed by atoms with Crippen molar-refractivity contribution in [3.05, 3.63) is 47.5 Å². The summed E-state index contributed by atoms with van der Waals surface area (Å²) >= 11 is 5.96. The van der Waals surface area contributed by atoms with Crippen molar-refractivity contribution in [2.24, 2.45) is 5.92 Å². The van der Waals surface area contributed by atoms with Gasteiger partial charge in [-0.05, 0) is 57.1 Å². The molecule has 2 aliphatic rings. The van der Waals surface area contributed by atoms with Crippen LogP contribution in [0.25, 0.3) is 10.9 Å². The van der Waals surface area contributed by atoms with Gasteiger partial charge in [0.2, 0.25) is 0 Å². The molecule has 0 aliphatic carbocycles. The minimum atomic E-state index is -0.476. The first kappa shape index (κ1) is 23.1. The van der Waals surface area contributed by atoms with Gasteiger partial charge in [0.15, 0.2) is 0 Å². The van der Waals surface area contributed by atoms with Crippen LogP contribution in [0.3, 0.4) is 0 Å². The third kappa shape index (κ3) is 5.35. The molecule has 0 saturated carbocycles. The zero-order valence-corrected chi connectivity index (χ0v) is 19.9. The zero-order valence-electron chi connectivity index (χ0n) is 19.1. The van der Waals surface area contributed by atoms with E-state index in [9.17, 15) is 4.39 Å². The Morgan fingerprint density at radius 2 is 2.03 bits per heavy atom. The summed E-state index contributed by atoms with van der Waals surface area (Å²) in [6.07, 6.45) is 4.50. The van der Waals surface area contributed by atoms with E-state index in [-0.39, 0.29) is 11.1 Å². The number of ether oxygens (including phenoxy) is 3. The number of hydrogen-bond acceptors (Lipinski definition) is 7. The molecule has 0 radical (unpaired) electrons. The molecule has 1 atom stereocenters. The molecule has 2 fully saturated rings. The largest absolute Gasteiger partial charge is 0.493 e. The lowest BCUT2D eigenvalue weighted by Crippen LogP contribution is -2.32. The molecule has 1 N–H and O–H groups in total. The summed E-state index contributed by atoms with van der Waals surface area (Å²) in [5.74, 6) is 1.95. The summed E-state index contributed by atoms with van der Waals surface area (Å²) in [5, 5.41) is 3.99. The fourth-order valence-corrected chi connectivity index (χ4v) is 4.52. The van der Waals surface area contributed by atoms with Crippen LogP contribution in [0.4, 0.5) is 15.9 Å². The number of rotatable bonds is 7. The number of fused-ring (bicyclic) bond motifs is 1. The molecular formula is C25H28ClFN4O3. The van der Waals surface area contributed by atoms with E-state index in [2.05, 4.69) is 27.2 Å². The minimum absolute atomic E-state index is 0.0348. The van der Waals surface area contributed by atoms with E-state index in [0.717, 1.165) is 43.5 Å². The molecule has 0 amide bonds. The van der Waals surface area contributed by atoms with E-state index < -0.39 is 5.82 Å². The van der Waals surface area contributed by atoms with E-state index in [1.54, 1.807) is 6.07 Å². The Kier molecular flexibility index (Phi) is 6.99. The van der Waals surface area contributed by atoms with E-state index in [4.69, 9.17) is 25.8 Å². The number of nitrogens with one attached hydrogen (secondary N) is 1. The Morgan fingerprint density at radius 1 is 1.18 bits per heavy atom.